The fourth-order valence-corrected chi connectivity index (χ4v) is 2.07. The Labute approximate surface area is 97.2 Å². The summed E-state index contributed by atoms with van der Waals surface area (Å²) in [6.07, 6.45) is 2.65. The number of likely N-dealkylation sites (tertiary alicyclic amines) is 1. The number of hydrogen-bond acceptors (Lipinski definition) is 3. The zero-order valence-electron chi connectivity index (χ0n) is 9.91. The quantitative estimate of drug-likeness (QED) is 0.789. The highest BCUT2D eigenvalue weighted by molar-refractivity contribution is 5.57. The van der Waals surface area contributed by atoms with Crippen LogP contribution in [0.2, 0.25) is 0 Å². The van der Waals surface area contributed by atoms with Gasteiger partial charge in [-0.2, -0.15) is 0 Å². The van der Waals surface area contributed by atoms with Crippen molar-refractivity contribution in [3.63, 3.8) is 0 Å². The minimum Gasteiger partial charge on any atom is -0.490 e. The number of hydrogen-bond donors (Lipinski definition) is 1. The van der Waals surface area contributed by atoms with Crippen molar-refractivity contribution in [1.29, 1.82) is 0 Å². The van der Waals surface area contributed by atoms with E-state index in [2.05, 4.69) is 4.90 Å². The molecule has 1 aliphatic heterocycles. The minimum absolute atomic E-state index is 0.730. The fourth-order valence-electron chi connectivity index (χ4n) is 2.07. The van der Waals surface area contributed by atoms with E-state index in [1.165, 1.54) is 25.9 Å². The summed E-state index contributed by atoms with van der Waals surface area (Å²) in [5.41, 5.74) is 7.79. The molecule has 0 unspecified atom stereocenters. The number of ether oxygens (including phenoxy) is 1. The van der Waals surface area contributed by atoms with Crippen LogP contribution in [0.15, 0.2) is 18.2 Å². The van der Waals surface area contributed by atoms with E-state index in [4.69, 9.17) is 10.5 Å². The van der Waals surface area contributed by atoms with Gasteiger partial charge in [0.1, 0.15) is 12.4 Å². The zero-order chi connectivity index (χ0) is 11.4. The SMILES string of the molecule is Cc1cccc(OCCN2CCCC2)c1N. The van der Waals surface area contributed by atoms with Gasteiger partial charge in [-0.1, -0.05) is 12.1 Å². The van der Waals surface area contributed by atoms with Gasteiger partial charge >= 0.3 is 0 Å². The number of benzene rings is 1. The molecule has 0 aliphatic carbocycles. The first-order chi connectivity index (χ1) is 7.77. The van der Waals surface area contributed by atoms with Gasteiger partial charge in [0.05, 0.1) is 5.69 Å². The number of rotatable bonds is 4. The average Bonchev–Trinajstić information content (AvgIpc) is 2.77. The lowest BCUT2D eigenvalue weighted by Gasteiger charge is -2.16. The molecule has 0 saturated carbocycles. The van der Waals surface area contributed by atoms with E-state index in [0.29, 0.717) is 0 Å². The van der Waals surface area contributed by atoms with Crippen molar-refractivity contribution in [3.8, 4) is 5.75 Å². The number of nitrogen functional groups attached to an aromatic ring is 1. The van der Waals surface area contributed by atoms with Crippen LogP contribution < -0.4 is 10.5 Å². The van der Waals surface area contributed by atoms with E-state index in [-0.39, 0.29) is 0 Å². The number of para-hydroxylation sites is 1. The molecule has 1 aromatic carbocycles. The number of nitrogens with two attached hydrogens (primary N) is 1. The lowest BCUT2D eigenvalue weighted by molar-refractivity contribution is 0.238. The van der Waals surface area contributed by atoms with E-state index in [1.807, 2.05) is 25.1 Å². The molecule has 0 aromatic heterocycles. The van der Waals surface area contributed by atoms with Gasteiger partial charge in [-0.3, -0.25) is 4.90 Å². The topological polar surface area (TPSA) is 38.5 Å². The smallest absolute Gasteiger partial charge is 0.142 e. The Morgan fingerprint density at radius 3 is 2.81 bits per heavy atom. The van der Waals surface area contributed by atoms with E-state index in [9.17, 15) is 0 Å². The van der Waals surface area contributed by atoms with Gasteiger partial charge in [-0.05, 0) is 44.5 Å². The molecule has 0 amide bonds. The highest BCUT2D eigenvalue weighted by Crippen LogP contribution is 2.24. The maximum absolute atomic E-state index is 5.94. The lowest BCUT2D eigenvalue weighted by Crippen LogP contribution is -2.25. The largest absolute Gasteiger partial charge is 0.490 e. The third-order valence-electron chi connectivity index (χ3n) is 3.15. The first-order valence-corrected chi connectivity index (χ1v) is 5.97. The Morgan fingerprint density at radius 2 is 2.06 bits per heavy atom. The Morgan fingerprint density at radius 1 is 1.31 bits per heavy atom. The predicted octanol–water partition coefficient (Wildman–Crippen LogP) is 2.05. The first kappa shape index (κ1) is 11.3. The van der Waals surface area contributed by atoms with Crippen LogP contribution in [0.5, 0.6) is 5.75 Å². The summed E-state index contributed by atoms with van der Waals surface area (Å²) in [5, 5.41) is 0. The van der Waals surface area contributed by atoms with Crippen molar-refractivity contribution in [1.82, 2.24) is 4.90 Å². The van der Waals surface area contributed by atoms with Crippen LogP contribution in [-0.4, -0.2) is 31.1 Å². The van der Waals surface area contributed by atoms with Crippen LogP contribution in [0, 0.1) is 6.92 Å². The van der Waals surface area contributed by atoms with Crippen molar-refractivity contribution in [2.75, 3.05) is 32.0 Å². The molecule has 16 heavy (non-hydrogen) atoms. The summed E-state index contributed by atoms with van der Waals surface area (Å²) in [7, 11) is 0. The standard InChI is InChI=1S/C13H20N2O/c1-11-5-4-6-12(13(11)14)16-10-9-15-7-2-3-8-15/h4-6H,2-3,7-10,14H2,1H3. The molecular formula is C13H20N2O. The van der Waals surface area contributed by atoms with Crippen LogP contribution >= 0.6 is 0 Å². The van der Waals surface area contributed by atoms with Gasteiger partial charge in [-0.15, -0.1) is 0 Å². The van der Waals surface area contributed by atoms with Crippen LogP contribution in [-0.2, 0) is 0 Å². The molecule has 88 valence electrons. The normalized spacial score (nSPS) is 16.6. The molecular weight excluding hydrogens is 200 g/mol. The molecule has 3 nitrogen and oxygen atoms in total. The van der Waals surface area contributed by atoms with Crippen molar-refractivity contribution in [2.45, 2.75) is 19.8 Å². The maximum atomic E-state index is 5.94. The Bertz CT molecular complexity index is 346. The predicted molar refractivity (Wildman–Crippen MR) is 66.8 cm³/mol. The highest BCUT2D eigenvalue weighted by Gasteiger charge is 2.11. The van der Waals surface area contributed by atoms with Gasteiger partial charge in [0, 0.05) is 6.54 Å². The number of anilines is 1. The van der Waals surface area contributed by atoms with Crippen molar-refractivity contribution >= 4 is 5.69 Å². The molecule has 3 heteroatoms. The van der Waals surface area contributed by atoms with E-state index in [0.717, 1.165) is 30.2 Å². The van der Waals surface area contributed by atoms with Crippen LogP contribution in [0.1, 0.15) is 18.4 Å². The Kier molecular flexibility index (Phi) is 3.67. The molecule has 1 saturated heterocycles. The number of aryl methyl sites for hydroxylation is 1. The van der Waals surface area contributed by atoms with Crippen LogP contribution in [0.25, 0.3) is 0 Å². The zero-order valence-corrected chi connectivity index (χ0v) is 9.91. The summed E-state index contributed by atoms with van der Waals surface area (Å²) < 4.78 is 5.71. The lowest BCUT2D eigenvalue weighted by atomic mass is 10.2. The van der Waals surface area contributed by atoms with Gasteiger partial charge in [0.25, 0.3) is 0 Å². The molecule has 0 spiro atoms. The van der Waals surface area contributed by atoms with Crippen molar-refractivity contribution in [2.24, 2.45) is 0 Å². The molecule has 2 N–H and O–H groups in total. The van der Waals surface area contributed by atoms with Crippen LogP contribution in [0.4, 0.5) is 5.69 Å². The third-order valence-corrected chi connectivity index (χ3v) is 3.15. The summed E-state index contributed by atoms with van der Waals surface area (Å²) in [6.45, 7) is 6.17. The summed E-state index contributed by atoms with van der Waals surface area (Å²) in [6, 6.07) is 5.92. The fraction of sp³-hybridized carbons (Fsp3) is 0.538. The minimum atomic E-state index is 0.730. The summed E-state index contributed by atoms with van der Waals surface area (Å²) >= 11 is 0. The molecule has 1 aromatic rings. The van der Waals surface area contributed by atoms with Crippen LogP contribution in [0.3, 0.4) is 0 Å². The second kappa shape index (κ2) is 5.21. The average molecular weight is 220 g/mol. The molecule has 1 heterocycles. The molecule has 2 rings (SSSR count). The van der Waals surface area contributed by atoms with Crippen molar-refractivity contribution in [3.05, 3.63) is 23.8 Å². The molecule has 1 aliphatic rings. The second-order valence-corrected chi connectivity index (χ2v) is 4.38. The Hall–Kier alpha value is -1.22. The summed E-state index contributed by atoms with van der Waals surface area (Å²) in [5.74, 6) is 0.819. The molecule has 0 atom stereocenters. The van der Waals surface area contributed by atoms with E-state index < -0.39 is 0 Å². The van der Waals surface area contributed by atoms with Crippen molar-refractivity contribution < 1.29 is 4.74 Å². The summed E-state index contributed by atoms with van der Waals surface area (Å²) in [4.78, 5) is 2.44. The third kappa shape index (κ3) is 2.67. The van der Waals surface area contributed by atoms with Gasteiger partial charge in [0.2, 0.25) is 0 Å². The first-order valence-electron chi connectivity index (χ1n) is 5.97. The molecule has 1 fully saturated rings. The molecule has 0 bridgehead atoms. The highest BCUT2D eigenvalue weighted by atomic mass is 16.5. The van der Waals surface area contributed by atoms with Gasteiger partial charge in [-0.25, -0.2) is 0 Å². The second-order valence-electron chi connectivity index (χ2n) is 4.38. The monoisotopic (exact) mass is 220 g/mol. The van der Waals surface area contributed by atoms with E-state index in [1.54, 1.807) is 0 Å². The van der Waals surface area contributed by atoms with E-state index >= 15 is 0 Å². The maximum Gasteiger partial charge on any atom is 0.142 e. The Balaban J connectivity index is 1.82. The van der Waals surface area contributed by atoms with Gasteiger partial charge in [0.15, 0.2) is 0 Å². The van der Waals surface area contributed by atoms with Gasteiger partial charge < -0.3 is 10.5 Å². The number of nitrogens with zero attached hydrogens (tertiary/aromatic N) is 1. The molecule has 0 radical (unpaired) electrons.